The molecule has 0 spiro atoms. The lowest BCUT2D eigenvalue weighted by molar-refractivity contribution is 0.1000. The molecule has 4 N–H and O–H groups in total. The Labute approximate surface area is 166 Å². The highest BCUT2D eigenvalue weighted by atomic mass is 35.5. The van der Waals surface area contributed by atoms with Crippen molar-refractivity contribution >= 4 is 34.2 Å². The number of hydrogen-bond donors (Lipinski definition) is 3. The van der Waals surface area contributed by atoms with Gasteiger partial charge in [0.15, 0.2) is 0 Å². The maximum Gasteiger partial charge on any atom is 0.253 e. The van der Waals surface area contributed by atoms with E-state index in [9.17, 15) is 9.59 Å². The van der Waals surface area contributed by atoms with Crippen molar-refractivity contribution < 1.29 is 9.53 Å². The van der Waals surface area contributed by atoms with Gasteiger partial charge < -0.3 is 20.8 Å². The number of carbonyl (C=O) groups excluding carboxylic acids is 1. The maximum absolute atomic E-state index is 12.6. The highest BCUT2D eigenvalue weighted by Gasteiger charge is 2.14. The summed E-state index contributed by atoms with van der Waals surface area (Å²) < 4.78 is 5.67. The van der Waals surface area contributed by atoms with Gasteiger partial charge in [-0.05, 0) is 45.0 Å². The zero-order chi connectivity index (χ0) is 20.4. The van der Waals surface area contributed by atoms with Crippen molar-refractivity contribution in [2.75, 3.05) is 5.32 Å². The smallest absolute Gasteiger partial charge is 0.253 e. The van der Waals surface area contributed by atoms with Crippen molar-refractivity contribution in [3.63, 3.8) is 0 Å². The summed E-state index contributed by atoms with van der Waals surface area (Å²) in [4.78, 5) is 30.9. The lowest BCUT2D eigenvalue weighted by Crippen LogP contribution is -2.20. The van der Waals surface area contributed by atoms with Gasteiger partial charge in [0.2, 0.25) is 5.91 Å². The van der Waals surface area contributed by atoms with Crippen LogP contribution in [0.25, 0.3) is 10.9 Å². The molecule has 2 aromatic heterocycles. The number of pyridine rings is 2. The van der Waals surface area contributed by atoms with Crippen LogP contribution in [-0.4, -0.2) is 22.0 Å². The van der Waals surface area contributed by atoms with Gasteiger partial charge in [-0.15, -0.1) is 0 Å². The Balaban J connectivity index is 1.94. The first-order chi connectivity index (χ1) is 13.2. The molecule has 0 aliphatic heterocycles. The molecule has 8 heteroatoms. The summed E-state index contributed by atoms with van der Waals surface area (Å²) in [6.07, 6.45) is 1.45. The fraction of sp³-hybridized carbons (Fsp3) is 0.250. The van der Waals surface area contributed by atoms with Gasteiger partial charge in [-0.1, -0.05) is 11.6 Å². The predicted molar refractivity (Wildman–Crippen MR) is 110 cm³/mol. The van der Waals surface area contributed by atoms with Gasteiger partial charge in [0, 0.05) is 28.8 Å². The Kier molecular flexibility index (Phi) is 5.56. The molecule has 146 valence electrons. The summed E-state index contributed by atoms with van der Waals surface area (Å²) in [7, 11) is 0. The summed E-state index contributed by atoms with van der Waals surface area (Å²) in [5, 5.41) is 4.36. The summed E-state index contributed by atoms with van der Waals surface area (Å²) in [5.74, 6) is 0.420. The number of anilines is 1. The molecule has 0 unspecified atom stereocenters. The average molecular weight is 401 g/mol. The number of nitrogens with one attached hydrogen (secondary N) is 2. The number of carbonyl (C=O) groups is 1. The third-order valence-corrected chi connectivity index (χ3v) is 4.46. The Morgan fingerprint density at radius 2 is 2.00 bits per heavy atom. The molecule has 0 aliphatic carbocycles. The van der Waals surface area contributed by atoms with Crippen molar-refractivity contribution in [1.29, 1.82) is 0 Å². The monoisotopic (exact) mass is 400 g/mol. The number of fused-ring (bicyclic) bond motifs is 1. The van der Waals surface area contributed by atoms with Crippen LogP contribution >= 0.6 is 11.6 Å². The standard InChI is InChI=1S/C20H21ClN4O3/c1-10(2)28-17-9-16-13(7-15(17)21)6-14(20(27)25-16)11(3)24-18-8-12(19(22)26)4-5-23-18/h4-11H,1-3H3,(H2,22,26)(H,23,24)(H,25,27)/t11-/m0/s1. The van der Waals surface area contributed by atoms with E-state index in [1.54, 1.807) is 24.3 Å². The molecule has 2 heterocycles. The van der Waals surface area contributed by atoms with E-state index in [1.807, 2.05) is 20.8 Å². The lowest BCUT2D eigenvalue weighted by atomic mass is 10.1. The minimum Gasteiger partial charge on any atom is -0.489 e. The second-order valence-electron chi connectivity index (χ2n) is 6.75. The van der Waals surface area contributed by atoms with Gasteiger partial charge in [-0.3, -0.25) is 9.59 Å². The Morgan fingerprint density at radius 3 is 2.68 bits per heavy atom. The number of primary amides is 1. The van der Waals surface area contributed by atoms with Crippen LogP contribution < -0.4 is 21.3 Å². The van der Waals surface area contributed by atoms with Crippen molar-refractivity contribution in [2.24, 2.45) is 5.73 Å². The molecule has 1 amide bonds. The predicted octanol–water partition coefficient (Wildman–Crippen LogP) is 3.64. The Morgan fingerprint density at radius 1 is 1.25 bits per heavy atom. The van der Waals surface area contributed by atoms with E-state index in [0.717, 1.165) is 5.39 Å². The zero-order valence-corrected chi connectivity index (χ0v) is 16.5. The molecule has 0 saturated carbocycles. The topological polar surface area (TPSA) is 110 Å². The van der Waals surface area contributed by atoms with Crippen molar-refractivity contribution in [2.45, 2.75) is 32.9 Å². The maximum atomic E-state index is 12.6. The van der Waals surface area contributed by atoms with Crippen LogP contribution in [0.2, 0.25) is 5.02 Å². The van der Waals surface area contributed by atoms with E-state index in [2.05, 4.69) is 15.3 Å². The second kappa shape index (κ2) is 7.90. The molecule has 3 rings (SSSR count). The number of nitrogens with zero attached hydrogens (tertiary/aromatic N) is 1. The number of ether oxygens (including phenoxy) is 1. The van der Waals surface area contributed by atoms with Gasteiger partial charge >= 0.3 is 0 Å². The zero-order valence-electron chi connectivity index (χ0n) is 15.7. The van der Waals surface area contributed by atoms with Gasteiger partial charge in [0.25, 0.3) is 5.56 Å². The molecular weight excluding hydrogens is 380 g/mol. The van der Waals surface area contributed by atoms with Gasteiger partial charge in [0.05, 0.1) is 22.7 Å². The highest BCUT2D eigenvalue weighted by molar-refractivity contribution is 6.32. The van der Waals surface area contributed by atoms with Gasteiger partial charge in [-0.25, -0.2) is 4.98 Å². The molecule has 28 heavy (non-hydrogen) atoms. The lowest BCUT2D eigenvalue weighted by Gasteiger charge is -2.16. The quantitative estimate of drug-likeness (QED) is 0.585. The van der Waals surface area contributed by atoms with Crippen LogP contribution in [-0.2, 0) is 0 Å². The Hall–Kier alpha value is -3.06. The van der Waals surface area contributed by atoms with E-state index in [-0.39, 0.29) is 17.7 Å². The van der Waals surface area contributed by atoms with Crippen LogP contribution in [0.5, 0.6) is 5.75 Å². The first kappa shape index (κ1) is 19.7. The Bertz CT molecular complexity index is 1090. The number of rotatable bonds is 6. The summed E-state index contributed by atoms with van der Waals surface area (Å²) in [6, 6.07) is 7.95. The van der Waals surface area contributed by atoms with Gasteiger partial charge in [-0.2, -0.15) is 0 Å². The largest absolute Gasteiger partial charge is 0.489 e. The molecule has 3 aromatic rings. The van der Waals surface area contributed by atoms with Crippen molar-refractivity contribution in [1.82, 2.24) is 9.97 Å². The molecule has 0 fully saturated rings. The summed E-state index contributed by atoms with van der Waals surface area (Å²) in [5.41, 5.74) is 6.53. The van der Waals surface area contributed by atoms with E-state index in [1.165, 1.54) is 12.3 Å². The molecule has 1 aromatic carbocycles. The number of halogens is 1. The molecular formula is C20H21ClN4O3. The molecule has 1 atom stereocenters. The van der Waals surface area contributed by atoms with Crippen LogP contribution in [0, 0.1) is 0 Å². The number of benzene rings is 1. The molecule has 7 nitrogen and oxygen atoms in total. The van der Waals surface area contributed by atoms with Crippen LogP contribution in [0.1, 0.15) is 42.7 Å². The number of aromatic nitrogens is 2. The SMILES string of the molecule is CC(C)Oc1cc2[nH]c(=O)c([C@H](C)Nc3cc(C(N)=O)ccn3)cc2cc1Cl. The first-order valence-electron chi connectivity index (χ1n) is 8.80. The normalized spacial score (nSPS) is 12.2. The van der Waals surface area contributed by atoms with Crippen LogP contribution in [0.3, 0.4) is 0 Å². The minimum absolute atomic E-state index is 0.0335. The summed E-state index contributed by atoms with van der Waals surface area (Å²) >= 11 is 6.31. The van der Waals surface area contributed by atoms with E-state index >= 15 is 0 Å². The minimum atomic E-state index is -0.546. The molecule has 0 aliphatic rings. The van der Waals surface area contributed by atoms with E-state index in [0.29, 0.717) is 33.2 Å². The van der Waals surface area contributed by atoms with Gasteiger partial charge in [0.1, 0.15) is 11.6 Å². The molecule has 0 saturated heterocycles. The van der Waals surface area contributed by atoms with Crippen molar-refractivity contribution in [3.8, 4) is 5.75 Å². The molecule has 0 bridgehead atoms. The summed E-state index contributed by atoms with van der Waals surface area (Å²) in [6.45, 7) is 5.63. The number of amides is 1. The average Bonchev–Trinajstić information content (AvgIpc) is 2.62. The number of H-pyrrole nitrogens is 1. The fourth-order valence-electron chi connectivity index (χ4n) is 2.85. The number of nitrogens with two attached hydrogens (primary N) is 1. The number of aromatic amines is 1. The first-order valence-corrected chi connectivity index (χ1v) is 9.18. The third kappa shape index (κ3) is 4.26. The second-order valence-corrected chi connectivity index (χ2v) is 7.16. The van der Waals surface area contributed by atoms with E-state index in [4.69, 9.17) is 22.1 Å². The highest BCUT2D eigenvalue weighted by Crippen LogP contribution is 2.30. The van der Waals surface area contributed by atoms with Crippen molar-refractivity contribution in [3.05, 3.63) is 63.0 Å². The fourth-order valence-corrected chi connectivity index (χ4v) is 3.07. The van der Waals surface area contributed by atoms with Crippen LogP contribution in [0.15, 0.2) is 41.3 Å². The molecule has 0 radical (unpaired) electrons. The van der Waals surface area contributed by atoms with E-state index < -0.39 is 5.91 Å². The van der Waals surface area contributed by atoms with Crippen LogP contribution in [0.4, 0.5) is 5.82 Å². The number of hydrogen-bond acceptors (Lipinski definition) is 5. The third-order valence-electron chi connectivity index (χ3n) is 4.16.